The fourth-order valence-electron chi connectivity index (χ4n) is 5.94. The van der Waals surface area contributed by atoms with Crippen LogP contribution in [0.15, 0.2) is 36.4 Å². The lowest BCUT2D eigenvalue weighted by atomic mass is 9.62. The fraction of sp³-hybridized carbons (Fsp3) is 0.615. The van der Waals surface area contributed by atoms with E-state index in [1.807, 2.05) is 6.07 Å². The van der Waals surface area contributed by atoms with E-state index in [-0.39, 0.29) is 28.6 Å². The number of rotatable bonds is 7. The van der Waals surface area contributed by atoms with Crippen LogP contribution in [0.5, 0.6) is 0 Å². The molecule has 1 aliphatic carbocycles. The van der Waals surface area contributed by atoms with Crippen molar-refractivity contribution in [2.75, 3.05) is 45.8 Å². The predicted octanol–water partition coefficient (Wildman–Crippen LogP) is 0.685. The zero-order chi connectivity index (χ0) is 22.1. The Balaban J connectivity index is 1.20. The first-order chi connectivity index (χ1) is 14.8. The predicted molar refractivity (Wildman–Crippen MR) is 123 cm³/mol. The van der Waals surface area contributed by atoms with E-state index < -0.39 is 0 Å². The molecule has 3 fully saturated rings. The van der Waals surface area contributed by atoms with Gasteiger partial charge in [-0.3, -0.25) is 14.5 Å². The number of piperidine rings is 1. The molecule has 2 amide bonds. The first kappa shape index (κ1) is 22.2. The lowest BCUT2D eigenvalue weighted by Crippen LogP contribution is -3.28. The Morgan fingerprint density at radius 1 is 1.03 bits per heavy atom. The molecule has 4 rings (SSSR count). The van der Waals surface area contributed by atoms with E-state index in [0.717, 1.165) is 32.4 Å². The first-order valence-electron chi connectivity index (χ1n) is 12.1. The highest BCUT2D eigenvalue weighted by atomic mass is 16.2. The van der Waals surface area contributed by atoms with Crippen molar-refractivity contribution in [3.63, 3.8) is 0 Å². The zero-order valence-electron chi connectivity index (χ0n) is 19.5. The molecule has 1 aromatic carbocycles. The van der Waals surface area contributed by atoms with Crippen LogP contribution in [-0.2, 0) is 9.59 Å². The fourth-order valence-corrected chi connectivity index (χ4v) is 5.94. The minimum absolute atomic E-state index is 0.0126. The molecule has 168 valence electrons. The Morgan fingerprint density at radius 2 is 1.71 bits per heavy atom. The normalized spacial score (nSPS) is 32.7. The van der Waals surface area contributed by atoms with Crippen molar-refractivity contribution in [3.8, 4) is 0 Å². The number of nitrogens with one attached hydrogen (secondary N) is 2. The van der Waals surface area contributed by atoms with Gasteiger partial charge in [-0.2, -0.15) is 0 Å². The third kappa shape index (κ3) is 4.22. The maximum atomic E-state index is 13.1. The second kappa shape index (κ2) is 8.87. The topological polar surface area (TPSA) is 46.3 Å². The third-order valence-electron chi connectivity index (χ3n) is 8.60. The summed E-state index contributed by atoms with van der Waals surface area (Å²) in [6, 6.07) is 10.5. The highest BCUT2D eigenvalue weighted by Gasteiger charge is 2.64. The molecular formula is C26H39N3O2+2. The van der Waals surface area contributed by atoms with Gasteiger partial charge < -0.3 is 9.80 Å². The standard InChI is InChI=1S/C26H37N3O2/c1-25(2)22-12-13-26(25,3)24(31)29(23(22)30)16-8-15-28-19-17-27(18-20-28)14-7-11-21-9-5-4-6-10-21/h4-7,9-11,22H,8,12-20H2,1-3H3/p+2/b11-7+/t22-,26+/m0/s1. The van der Waals surface area contributed by atoms with Crippen molar-refractivity contribution in [2.24, 2.45) is 16.7 Å². The molecule has 0 unspecified atom stereocenters. The van der Waals surface area contributed by atoms with Crippen molar-refractivity contribution < 1.29 is 19.4 Å². The van der Waals surface area contributed by atoms with Crippen molar-refractivity contribution in [2.45, 2.75) is 40.0 Å². The summed E-state index contributed by atoms with van der Waals surface area (Å²) in [7, 11) is 0. The Bertz CT molecular complexity index is 826. The van der Waals surface area contributed by atoms with E-state index >= 15 is 0 Å². The van der Waals surface area contributed by atoms with Crippen molar-refractivity contribution >= 4 is 17.9 Å². The Kier molecular flexibility index (Phi) is 6.36. The van der Waals surface area contributed by atoms with E-state index in [1.54, 1.807) is 14.7 Å². The maximum absolute atomic E-state index is 13.1. The van der Waals surface area contributed by atoms with Crippen molar-refractivity contribution in [1.82, 2.24) is 4.90 Å². The number of carbonyl (C=O) groups is 2. The highest BCUT2D eigenvalue weighted by molar-refractivity contribution is 6.03. The summed E-state index contributed by atoms with van der Waals surface area (Å²) in [5, 5.41) is 0. The van der Waals surface area contributed by atoms with Gasteiger partial charge in [-0.05, 0) is 29.9 Å². The van der Waals surface area contributed by atoms with Gasteiger partial charge >= 0.3 is 0 Å². The summed E-state index contributed by atoms with van der Waals surface area (Å²) >= 11 is 0. The lowest BCUT2D eigenvalue weighted by molar-refractivity contribution is -1.01. The van der Waals surface area contributed by atoms with Gasteiger partial charge in [-0.15, -0.1) is 0 Å². The van der Waals surface area contributed by atoms with Crippen molar-refractivity contribution in [1.29, 1.82) is 0 Å². The quantitative estimate of drug-likeness (QED) is 0.632. The monoisotopic (exact) mass is 425 g/mol. The first-order valence-corrected chi connectivity index (χ1v) is 12.1. The van der Waals surface area contributed by atoms with Crippen LogP contribution in [-0.4, -0.2) is 62.5 Å². The van der Waals surface area contributed by atoms with Crippen LogP contribution in [0.4, 0.5) is 0 Å². The molecule has 2 aliphatic heterocycles. The summed E-state index contributed by atoms with van der Waals surface area (Å²) < 4.78 is 0. The summed E-state index contributed by atoms with van der Waals surface area (Å²) in [5.41, 5.74) is 0.677. The van der Waals surface area contributed by atoms with Gasteiger partial charge in [0.2, 0.25) is 11.8 Å². The molecule has 0 aromatic heterocycles. The van der Waals surface area contributed by atoms with Crippen LogP contribution in [0, 0.1) is 16.7 Å². The van der Waals surface area contributed by atoms with Crippen LogP contribution in [0.1, 0.15) is 45.6 Å². The molecule has 5 nitrogen and oxygen atoms in total. The SMILES string of the molecule is CC1(C)[C@H]2CC[C@]1(C)C(=O)N(CCC[NH+]1CC[NH+](C/C=C/c3ccccc3)CC1)C2=O. The average molecular weight is 426 g/mol. The van der Waals surface area contributed by atoms with Gasteiger partial charge in [0.25, 0.3) is 0 Å². The summed E-state index contributed by atoms with van der Waals surface area (Å²) in [6.45, 7) is 13.7. The summed E-state index contributed by atoms with van der Waals surface area (Å²) in [4.78, 5) is 31.0. The number of benzene rings is 1. The third-order valence-corrected chi connectivity index (χ3v) is 8.60. The molecule has 2 bridgehead atoms. The van der Waals surface area contributed by atoms with Crippen LogP contribution >= 0.6 is 0 Å². The lowest BCUT2D eigenvalue weighted by Gasteiger charge is -2.47. The summed E-state index contributed by atoms with van der Waals surface area (Å²) in [5.74, 6) is 0.170. The molecule has 2 heterocycles. The Morgan fingerprint density at radius 3 is 2.42 bits per heavy atom. The van der Waals surface area contributed by atoms with Gasteiger partial charge in [0.15, 0.2) is 0 Å². The van der Waals surface area contributed by atoms with E-state index in [2.05, 4.69) is 57.2 Å². The van der Waals surface area contributed by atoms with Crippen LogP contribution < -0.4 is 9.80 Å². The van der Waals surface area contributed by atoms with E-state index in [4.69, 9.17) is 0 Å². The molecule has 31 heavy (non-hydrogen) atoms. The van der Waals surface area contributed by atoms with E-state index in [1.165, 1.54) is 31.7 Å². The number of quaternary nitrogens is 2. The molecule has 0 spiro atoms. The molecule has 2 N–H and O–H groups in total. The molecule has 1 aromatic rings. The second-order valence-corrected chi connectivity index (χ2v) is 10.6. The number of fused-ring (bicyclic) bond motifs is 2. The minimum atomic E-state index is -0.374. The van der Waals surface area contributed by atoms with Crippen LogP contribution in [0.2, 0.25) is 0 Å². The Labute approximate surface area is 187 Å². The number of piperazine rings is 1. The van der Waals surface area contributed by atoms with E-state index in [0.29, 0.717) is 6.54 Å². The van der Waals surface area contributed by atoms with Crippen molar-refractivity contribution in [3.05, 3.63) is 42.0 Å². The van der Waals surface area contributed by atoms with Gasteiger partial charge in [0.1, 0.15) is 26.2 Å². The summed E-state index contributed by atoms with van der Waals surface area (Å²) in [6.07, 6.45) is 7.13. The molecule has 1 saturated carbocycles. The molecule has 0 radical (unpaired) electrons. The second-order valence-electron chi connectivity index (χ2n) is 10.6. The molecular weight excluding hydrogens is 386 g/mol. The van der Waals surface area contributed by atoms with Crippen LogP contribution in [0.3, 0.4) is 0 Å². The van der Waals surface area contributed by atoms with Crippen LogP contribution in [0.25, 0.3) is 6.08 Å². The van der Waals surface area contributed by atoms with Gasteiger partial charge in [0, 0.05) is 18.9 Å². The average Bonchev–Trinajstić information content (AvgIpc) is 2.96. The smallest absolute Gasteiger partial charge is 0.235 e. The minimum Gasteiger partial charge on any atom is -0.326 e. The zero-order valence-corrected chi connectivity index (χ0v) is 19.5. The molecule has 2 atom stereocenters. The molecule has 5 heteroatoms. The number of imide groups is 1. The number of likely N-dealkylation sites (tertiary alicyclic amines) is 1. The number of hydrogen-bond donors (Lipinski definition) is 2. The number of amides is 2. The molecule has 2 saturated heterocycles. The number of hydrogen-bond acceptors (Lipinski definition) is 2. The van der Waals surface area contributed by atoms with E-state index in [9.17, 15) is 9.59 Å². The maximum Gasteiger partial charge on any atom is 0.235 e. The largest absolute Gasteiger partial charge is 0.326 e. The number of nitrogens with zero attached hydrogens (tertiary/aromatic N) is 1. The van der Waals surface area contributed by atoms with Gasteiger partial charge in [-0.25, -0.2) is 0 Å². The number of carbonyl (C=O) groups excluding carboxylic acids is 2. The molecule has 3 aliphatic rings. The van der Waals surface area contributed by atoms with Gasteiger partial charge in [0.05, 0.1) is 18.5 Å². The Hall–Kier alpha value is -1.98. The van der Waals surface area contributed by atoms with Gasteiger partial charge in [-0.1, -0.05) is 57.2 Å². The highest BCUT2D eigenvalue weighted by Crippen LogP contribution is 2.59.